The van der Waals surface area contributed by atoms with Gasteiger partial charge in [0.2, 0.25) is 17.7 Å². The maximum absolute atomic E-state index is 12.7. The first-order chi connectivity index (χ1) is 12.6. The van der Waals surface area contributed by atoms with E-state index in [4.69, 9.17) is 0 Å². The summed E-state index contributed by atoms with van der Waals surface area (Å²) in [7, 11) is 1.75. The lowest BCUT2D eigenvalue weighted by Crippen LogP contribution is -2.47. The second-order valence-corrected chi connectivity index (χ2v) is 8.41. The minimum atomic E-state index is -0.435. The first-order valence-corrected chi connectivity index (χ1v) is 9.49. The van der Waals surface area contributed by atoms with Crippen LogP contribution in [0.25, 0.3) is 0 Å². The first-order valence-electron chi connectivity index (χ1n) is 9.49. The van der Waals surface area contributed by atoms with Gasteiger partial charge in [0.25, 0.3) is 0 Å². The van der Waals surface area contributed by atoms with Gasteiger partial charge in [0.1, 0.15) is 0 Å². The average molecular weight is 373 g/mol. The fraction of sp³-hybridized carbons (Fsp3) is 0.571. The zero-order valence-electron chi connectivity index (χ0n) is 17.0. The molecule has 1 fully saturated rings. The van der Waals surface area contributed by atoms with Crippen molar-refractivity contribution in [2.24, 2.45) is 11.3 Å². The molecule has 1 aromatic carbocycles. The molecule has 1 aliphatic rings. The summed E-state index contributed by atoms with van der Waals surface area (Å²) in [6.45, 7) is 8.92. The number of nitrogens with zero attached hydrogens (tertiary/aromatic N) is 2. The molecule has 1 unspecified atom stereocenters. The molecule has 0 aliphatic carbocycles. The number of piperidine rings is 1. The van der Waals surface area contributed by atoms with E-state index in [1.54, 1.807) is 11.9 Å². The average Bonchev–Trinajstić information content (AvgIpc) is 2.60. The number of hydrogen-bond donors (Lipinski definition) is 1. The van der Waals surface area contributed by atoms with Crippen LogP contribution in [0, 0.1) is 11.3 Å². The van der Waals surface area contributed by atoms with Crippen LogP contribution in [0.15, 0.2) is 24.3 Å². The second-order valence-electron chi connectivity index (χ2n) is 8.41. The lowest BCUT2D eigenvalue weighted by Gasteiger charge is -2.35. The number of benzene rings is 1. The number of rotatable bonds is 4. The van der Waals surface area contributed by atoms with Crippen molar-refractivity contribution in [3.05, 3.63) is 29.8 Å². The predicted molar refractivity (Wildman–Crippen MR) is 106 cm³/mol. The predicted octanol–water partition coefficient (Wildman–Crippen LogP) is 2.89. The number of likely N-dealkylation sites (tertiary alicyclic amines) is 1. The van der Waals surface area contributed by atoms with Gasteiger partial charge in [0, 0.05) is 44.7 Å². The lowest BCUT2D eigenvalue weighted by molar-refractivity contribution is -0.142. The Balaban J connectivity index is 2.00. The van der Waals surface area contributed by atoms with Crippen LogP contribution in [0.1, 0.15) is 46.1 Å². The number of anilines is 1. The van der Waals surface area contributed by atoms with Gasteiger partial charge in [-0.1, -0.05) is 32.9 Å². The molecule has 0 aromatic heterocycles. The SMILES string of the molecule is CC(=O)N(C)Cc1cccc(NC(=O)C2CCCN(C(=O)C(C)(C)C)C2)c1. The van der Waals surface area contributed by atoms with Crippen molar-refractivity contribution in [1.82, 2.24) is 9.80 Å². The summed E-state index contributed by atoms with van der Waals surface area (Å²) in [6, 6.07) is 7.53. The number of carbonyl (C=O) groups excluding carboxylic acids is 3. The van der Waals surface area contributed by atoms with E-state index in [-0.39, 0.29) is 23.6 Å². The van der Waals surface area contributed by atoms with E-state index in [0.717, 1.165) is 18.4 Å². The van der Waals surface area contributed by atoms with Crippen molar-refractivity contribution >= 4 is 23.4 Å². The summed E-state index contributed by atoms with van der Waals surface area (Å²) in [4.78, 5) is 40.1. The summed E-state index contributed by atoms with van der Waals surface area (Å²) in [5, 5.41) is 2.97. The van der Waals surface area contributed by atoms with Gasteiger partial charge in [0.15, 0.2) is 0 Å². The Morgan fingerprint density at radius 2 is 1.96 bits per heavy atom. The standard InChI is InChI=1S/C21H31N3O3/c1-15(25)23(5)13-16-8-6-10-18(12-16)22-19(26)17-9-7-11-24(14-17)20(27)21(2,3)4/h6,8,10,12,17H,7,9,11,13-14H2,1-5H3,(H,22,26). The molecule has 1 heterocycles. The van der Waals surface area contributed by atoms with Crippen LogP contribution in [0.3, 0.4) is 0 Å². The molecule has 0 radical (unpaired) electrons. The van der Waals surface area contributed by atoms with Crippen molar-refractivity contribution < 1.29 is 14.4 Å². The van der Waals surface area contributed by atoms with E-state index in [2.05, 4.69) is 5.32 Å². The van der Waals surface area contributed by atoms with E-state index in [0.29, 0.717) is 25.3 Å². The van der Waals surface area contributed by atoms with E-state index in [1.807, 2.05) is 49.9 Å². The maximum atomic E-state index is 12.7. The molecule has 27 heavy (non-hydrogen) atoms. The van der Waals surface area contributed by atoms with Gasteiger partial charge in [-0.2, -0.15) is 0 Å². The largest absolute Gasteiger partial charge is 0.342 e. The molecule has 3 amide bonds. The van der Waals surface area contributed by atoms with Crippen LogP contribution in [0.5, 0.6) is 0 Å². The lowest BCUT2D eigenvalue weighted by atomic mass is 9.91. The molecule has 148 valence electrons. The van der Waals surface area contributed by atoms with Gasteiger partial charge >= 0.3 is 0 Å². The van der Waals surface area contributed by atoms with Crippen LogP contribution >= 0.6 is 0 Å². The third kappa shape index (κ3) is 5.81. The molecule has 6 heteroatoms. The molecule has 1 aliphatic heterocycles. The second kappa shape index (κ2) is 8.55. The maximum Gasteiger partial charge on any atom is 0.229 e. The zero-order valence-corrected chi connectivity index (χ0v) is 17.0. The van der Waals surface area contributed by atoms with Gasteiger partial charge in [-0.25, -0.2) is 0 Å². The van der Waals surface area contributed by atoms with Gasteiger partial charge in [-0.3, -0.25) is 14.4 Å². The molecule has 1 atom stereocenters. The molecule has 1 saturated heterocycles. The topological polar surface area (TPSA) is 69.7 Å². The number of hydrogen-bond acceptors (Lipinski definition) is 3. The van der Waals surface area contributed by atoms with Crippen LogP contribution in [0.2, 0.25) is 0 Å². The molecule has 1 N–H and O–H groups in total. The molecule has 0 bridgehead atoms. The highest BCUT2D eigenvalue weighted by Crippen LogP contribution is 2.24. The quantitative estimate of drug-likeness (QED) is 0.882. The van der Waals surface area contributed by atoms with E-state index in [1.165, 1.54) is 6.92 Å². The van der Waals surface area contributed by atoms with Crippen molar-refractivity contribution in [1.29, 1.82) is 0 Å². The van der Waals surface area contributed by atoms with Crippen LogP contribution in [-0.2, 0) is 20.9 Å². The Bertz CT molecular complexity index is 709. The third-order valence-corrected chi connectivity index (χ3v) is 4.87. The monoisotopic (exact) mass is 373 g/mol. The molecule has 0 saturated carbocycles. The van der Waals surface area contributed by atoms with E-state index < -0.39 is 5.41 Å². The summed E-state index contributed by atoms with van der Waals surface area (Å²) in [5.41, 5.74) is 1.24. The summed E-state index contributed by atoms with van der Waals surface area (Å²) in [5.74, 6) is -0.170. The van der Waals surface area contributed by atoms with Crippen LogP contribution in [0.4, 0.5) is 5.69 Å². The third-order valence-electron chi connectivity index (χ3n) is 4.87. The Labute approximate surface area is 161 Å². The fourth-order valence-electron chi connectivity index (χ4n) is 3.23. The first kappa shape index (κ1) is 20.9. The summed E-state index contributed by atoms with van der Waals surface area (Å²) < 4.78 is 0. The van der Waals surface area contributed by atoms with E-state index >= 15 is 0 Å². The number of nitrogens with one attached hydrogen (secondary N) is 1. The number of amides is 3. The van der Waals surface area contributed by atoms with Crippen molar-refractivity contribution in [2.45, 2.75) is 47.1 Å². The Morgan fingerprint density at radius 3 is 2.59 bits per heavy atom. The fourth-order valence-corrected chi connectivity index (χ4v) is 3.23. The zero-order chi connectivity index (χ0) is 20.2. The summed E-state index contributed by atoms with van der Waals surface area (Å²) >= 11 is 0. The minimum Gasteiger partial charge on any atom is -0.342 e. The van der Waals surface area contributed by atoms with Gasteiger partial charge in [-0.05, 0) is 30.5 Å². The molecular formula is C21H31N3O3. The Morgan fingerprint density at radius 1 is 1.26 bits per heavy atom. The minimum absolute atomic E-state index is 0.00440. The van der Waals surface area contributed by atoms with Crippen molar-refractivity contribution in [2.75, 3.05) is 25.5 Å². The van der Waals surface area contributed by atoms with Crippen molar-refractivity contribution in [3.63, 3.8) is 0 Å². The molecule has 2 rings (SSSR count). The highest BCUT2D eigenvalue weighted by Gasteiger charge is 2.33. The number of carbonyl (C=O) groups is 3. The summed E-state index contributed by atoms with van der Waals surface area (Å²) in [6.07, 6.45) is 1.62. The van der Waals surface area contributed by atoms with Crippen molar-refractivity contribution in [3.8, 4) is 0 Å². The van der Waals surface area contributed by atoms with Crippen LogP contribution in [-0.4, -0.2) is 47.7 Å². The Kier molecular flexibility index (Phi) is 6.63. The Hall–Kier alpha value is -2.37. The highest BCUT2D eigenvalue weighted by molar-refractivity contribution is 5.93. The van der Waals surface area contributed by atoms with Gasteiger partial charge in [-0.15, -0.1) is 0 Å². The normalized spacial score (nSPS) is 17.4. The van der Waals surface area contributed by atoms with Gasteiger partial charge < -0.3 is 15.1 Å². The van der Waals surface area contributed by atoms with E-state index in [9.17, 15) is 14.4 Å². The molecule has 1 aromatic rings. The molecular weight excluding hydrogens is 342 g/mol. The highest BCUT2D eigenvalue weighted by atomic mass is 16.2. The van der Waals surface area contributed by atoms with Crippen LogP contribution < -0.4 is 5.32 Å². The molecule has 6 nitrogen and oxygen atoms in total. The smallest absolute Gasteiger partial charge is 0.229 e. The van der Waals surface area contributed by atoms with Gasteiger partial charge in [0.05, 0.1) is 5.92 Å². The molecule has 0 spiro atoms.